The molecule has 6 heteroatoms. The van der Waals surface area contributed by atoms with E-state index in [1.54, 1.807) is 0 Å². The van der Waals surface area contributed by atoms with Crippen molar-refractivity contribution < 1.29 is 13.0 Å². The fourth-order valence-corrected chi connectivity index (χ4v) is 0.942. The minimum absolute atomic E-state index is 0.225. The summed E-state index contributed by atoms with van der Waals surface area (Å²) in [6.45, 7) is 1.78. The summed E-state index contributed by atoms with van der Waals surface area (Å²) < 4.78 is 28.6. The van der Waals surface area contributed by atoms with Crippen molar-refractivity contribution in [1.82, 2.24) is 10.6 Å². The monoisotopic (exact) mass is 182 g/mol. The predicted octanol–water partition coefficient (Wildman–Crippen LogP) is -1.32. The van der Waals surface area contributed by atoms with Crippen LogP contribution < -0.4 is 10.6 Å². The van der Waals surface area contributed by atoms with E-state index in [1.165, 1.54) is 0 Å². The average Bonchev–Trinajstić information content (AvgIpc) is 1.85. The standard InChI is InChI=1S/C5H14N2O3S/c1-6-2-3-7-4-5-11(8,9)10/h6-7H,2-5H2,1H3,(H,8,9,10). The lowest BCUT2D eigenvalue weighted by Crippen LogP contribution is -2.29. The zero-order valence-corrected chi connectivity index (χ0v) is 7.32. The van der Waals surface area contributed by atoms with Crippen molar-refractivity contribution in [2.75, 3.05) is 32.4 Å². The van der Waals surface area contributed by atoms with Crippen molar-refractivity contribution in [1.29, 1.82) is 0 Å². The van der Waals surface area contributed by atoms with Crippen molar-refractivity contribution >= 4 is 10.1 Å². The molecule has 0 heterocycles. The first-order valence-electron chi connectivity index (χ1n) is 3.37. The molecule has 68 valence electrons. The van der Waals surface area contributed by atoms with Crippen LogP contribution in [0.2, 0.25) is 0 Å². The first kappa shape index (κ1) is 10.8. The van der Waals surface area contributed by atoms with E-state index in [0.29, 0.717) is 13.1 Å². The first-order chi connectivity index (χ1) is 5.06. The highest BCUT2D eigenvalue weighted by molar-refractivity contribution is 7.85. The summed E-state index contributed by atoms with van der Waals surface area (Å²) in [6.07, 6.45) is 0. The Labute approximate surface area is 66.9 Å². The van der Waals surface area contributed by atoms with Gasteiger partial charge in [-0.15, -0.1) is 0 Å². The molecule has 0 amide bonds. The van der Waals surface area contributed by atoms with Crippen LogP contribution in [0.4, 0.5) is 0 Å². The number of nitrogens with one attached hydrogen (secondary N) is 2. The molecule has 0 unspecified atom stereocenters. The van der Waals surface area contributed by atoms with Crippen LogP contribution in [0.3, 0.4) is 0 Å². The van der Waals surface area contributed by atoms with Gasteiger partial charge in [0, 0.05) is 19.6 Å². The quantitative estimate of drug-likeness (QED) is 0.351. The van der Waals surface area contributed by atoms with Crippen LogP contribution in [-0.4, -0.2) is 45.4 Å². The minimum Gasteiger partial charge on any atom is -0.318 e. The summed E-state index contributed by atoms with van der Waals surface area (Å²) in [5, 5.41) is 5.73. The summed E-state index contributed by atoms with van der Waals surface area (Å²) in [5.41, 5.74) is 0. The van der Waals surface area contributed by atoms with Crippen LogP contribution in [0.25, 0.3) is 0 Å². The Morgan fingerprint density at radius 2 is 1.91 bits per heavy atom. The van der Waals surface area contributed by atoms with Crippen LogP contribution in [0.5, 0.6) is 0 Å². The van der Waals surface area contributed by atoms with Crippen molar-refractivity contribution in [3.8, 4) is 0 Å². The van der Waals surface area contributed by atoms with Gasteiger partial charge in [-0.3, -0.25) is 4.55 Å². The van der Waals surface area contributed by atoms with Crippen molar-refractivity contribution in [3.05, 3.63) is 0 Å². The molecule has 0 aliphatic heterocycles. The molecule has 0 aliphatic carbocycles. The Hall–Kier alpha value is -0.170. The van der Waals surface area contributed by atoms with Gasteiger partial charge in [-0.05, 0) is 7.05 Å². The molecular formula is C5H14N2O3S. The maximum absolute atomic E-state index is 10.2. The van der Waals surface area contributed by atoms with Gasteiger partial charge < -0.3 is 10.6 Å². The van der Waals surface area contributed by atoms with Crippen LogP contribution in [-0.2, 0) is 10.1 Å². The molecule has 0 radical (unpaired) electrons. The molecule has 0 aromatic carbocycles. The van der Waals surface area contributed by atoms with Gasteiger partial charge in [0.15, 0.2) is 0 Å². The second-order valence-electron chi connectivity index (χ2n) is 2.14. The van der Waals surface area contributed by atoms with Gasteiger partial charge in [0.1, 0.15) is 0 Å². The molecule has 0 bridgehead atoms. The molecule has 0 saturated carbocycles. The molecule has 0 aromatic heterocycles. The summed E-state index contributed by atoms with van der Waals surface area (Å²) in [5.74, 6) is -0.225. The largest absolute Gasteiger partial charge is 0.318 e. The highest BCUT2D eigenvalue weighted by atomic mass is 32.2. The lowest BCUT2D eigenvalue weighted by atomic mass is 10.6. The average molecular weight is 182 g/mol. The predicted molar refractivity (Wildman–Crippen MR) is 43.2 cm³/mol. The maximum Gasteiger partial charge on any atom is 0.266 e. The van der Waals surface area contributed by atoms with Gasteiger partial charge in [0.2, 0.25) is 0 Å². The Kier molecular flexibility index (Phi) is 5.39. The molecule has 11 heavy (non-hydrogen) atoms. The fraction of sp³-hybridized carbons (Fsp3) is 1.00. The molecule has 5 nitrogen and oxygen atoms in total. The van der Waals surface area contributed by atoms with E-state index in [0.717, 1.165) is 6.54 Å². The van der Waals surface area contributed by atoms with E-state index in [4.69, 9.17) is 4.55 Å². The maximum atomic E-state index is 10.2. The Balaban J connectivity index is 3.16. The van der Waals surface area contributed by atoms with E-state index in [2.05, 4.69) is 10.6 Å². The van der Waals surface area contributed by atoms with Crippen molar-refractivity contribution in [2.24, 2.45) is 0 Å². The Bertz CT molecular complexity index is 178. The van der Waals surface area contributed by atoms with E-state index >= 15 is 0 Å². The molecule has 0 saturated heterocycles. The lowest BCUT2D eigenvalue weighted by Gasteiger charge is -2.01. The van der Waals surface area contributed by atoms with Crippen LogP contribution in [0, 0.1) is 0 Å². The zero-order chi connectivity index (χ0) is 8.74. The zero-order valence-electron chi connectivity index (χ0n) is 6.50. The summed E-state index contributed by atoms with van der Waals surface area (Å²) >= 11 is 0. The van der Waals surface area contributed by atoms with Gasteiger partial charge in [-0.2, -0.15) is 8.42 Å². The topological polar surface area (TPSA) is 78.4 Å². The third kappa shape index (κ3) is 9.83. The molecular weight excluding hydrogens is 168 g/mol. The van der Waals surface area contributed by atoms with Crippen LogP contribution >= 0.6 is 0 Å². The van der Waals surface area contributed by atoms with E-state index in [1.807, 2.05) is 7.05 Å². The third-order valence-electron chi connectivity index (χ3n) is 1.09. The molecule has 0 aliphatic rings. The SMILES string of the molecule is CNCCNCCS(=O)(=O)O. The summed E-state index contributed by atoms with van der Waals surface area (Å²) in [4.78, 5) is 0. The normalized spacial score (nSPS) is 11.8. The second kappa shape index (κ2) is 5.48. The number of hydrogen-bond donors (Lipinski definition) is 3. The lowest BCUT2D eigenvalue weighted by molar-refractivity contribution is 0.480. The Morgan fingerprint density at radius 3 is 2.36 bits per heavy atom. The molecule has 0 atom stereocenters. The summed E-state index contributed by atoms with van der Waals surface area (Å²) in [6, 6.07) is 0. The van der Waals surface area contributed by atoms with Gasteiger partial charge in [-0.1, -0.05) is 0 Å². The van der Waals surface area contributed by atoms with Gasteiger partial charge in [0.25, 0.3) is 10.1 Å². The highest BCUT2D eigenvalue weighted by Gasteiger charge is 2.01. The molecule has 0 rings (SSSR count). The molecule has 0 spiro atoms. The second-order valence-corrected chi connectivity index (χ2v) is 3.71. The van der Waals surface area contributed by atoms with Gasteiger partial charge >= 0.3 is 0 Å². The van der Waals surface area contributed by atoms with E-state index in [-0.39, 0.29) is 5.75 Å². The van der Waals surface area contributed by atoms with E-state index in [9.17, 15) is 8.42 Å². The smallest absolute Gasteiger partial charge is 0.266 e. The first-order valence-corrected chi connectivity index (χ1v) is 4.97. The van der Waals surface area contributed by atoms with Crippen molar-refractivity contribution in [2.45, 2.75) is 0 Å². The summed E-state index contributed by atoms with van der Waals surface area (Å²) in [7, 11) is -1.98. The molecule has 0 aromatic rings. The van der Waals surface area contributed by atoms with Crippen LogP contribution in [0.1, 0.15) is 0 Å². The van der Waals surface area contributed by atoms with E-state index < -0.39 is 10.1 Å². The third-order valence-corrected chi connectivity index (χ3v) is 1.81. The highest BCUT2D eigenvalue weighted by Crippen LogP contribution is 1.77. The Morgan fingerprint density at radius 1 is 1.27 bits per heavy atom. The number of rotatable bonds is 6. The number of likely N-dealkylation sites (N-methyl/N-ethyl adjacent to an activating group) is 1. The number of hydrogen-bond acceptors (Lipinski definition) is 4. The van der Waals surface area contributed by atoms with Crippen LogP contribution in [0.15, 0.2) is 0 Å². The molecule has 3 N–H and O–H groups in total. The minimum atomic E-state index is -3.79. The van der Waals surface area contributed by atoms with Crippen molar-refractivity contribution in [3.63, 3.8) is 0 Å². The van der Waals surface area contributed by atoms with Gasteiger partial charge in [-0.25, -0.2) is 0 Å². The fourth-order valence-electron chi connectivity index (χ4n) is 0.540. The molecule has 0 fully saturated rings. The van der Waals surface area contributed by atoms with Gasteiger partial charge in [0.05, 0.1) is 5.75 Å².